The molecule has 0 saturated carbocycles. The molecule has 0 aliphatic carbocycles. The normalized spacial score (nSPS) is 24.3. The summed E-state index contributed by atoms with van der Waals surface area (Å²) in [5.74, 6) is 0. The molecule has 1 unspecified atom stereocenters. The van der Waals surface area contributed by atoms with Gasteiger partial charge in [0, 0.05) is 0 Å². The van der Waals surface area contributed by atoms with Gasteiger partial charge >= 0.3 is 0 Å². The van der Waals surface area contributed by atoms with Crippen molar-refractivity contribution < 1.29 is 33.6 Å². The third-order valence-corrected chi connectivity index (χ3v) is 2.69. The van der Waals surface area contributed by atoms with E-state index >= 15 is 0 Å². The van der Waals surface area contributed by atoms with Crippen molar-refractivity contribution in [2.45, 2.75) is 13.0 Å². The fourth-order valence-electron chi connectivity index (χ4n) is 1.71. The van der Waals surface area contributed by atoms with E-state index in [1.807, 2.05) is 0 Å². The molecule has 1 aliphatic heterocycles. The van der Waals surface area contributed by atoms with Crippen LogP contribution in [0.1, 0.15) is 6.92 Å². The maximum atomic E-state index is 9.44. The molecule has 1 atom stereocenters. The first kappa shape index (κ1) is 19.7. The van der Waals surface area contributed by atoms with E-state index in [0.29, 0.717) is 72.6 Å². The zero-order valence-corrected chi connectivity index (χ0v) is 13.4. The molecule has 1 N–H and O–H groups in total. The molecule has 0 radical (unpaired) electrons. The summed E-state index contributed by atoms with van der Waals surface area (Å²) in [6.45, 7) is 7.36. The highest BCUT2D eigenvalue weighted by Gasteiger charge is 2.09. The Hall–Kier alpha value is -0.320. The summed E-state index contributed by atoms with van der Waals surface area (Å²) in [4.78, 5) is 5.52. The highest BCUT2D eigenvalue weighted by Crippen LogP contribution is 1.96. The molecule has 0 spiro atoms. The molecule has 0 bridgehead atoms. The van der Waals surface area contributed by atoms with Crippen LogP contribution in [0, 0.1) is 0 Å². The Morgan fingerprint density at radius 3 is 1.59 bits per heavy atom. The molecule has 0 amide bonds. The van der Waals surface area contributed by atoms with Gasteiger partial charge in [-0.3, -0.25) is 4.84 Å². The molecule has 8 nitrogen and oxygen atoms in total. The molecule has 0 aromatic heterocycles. The van der Waals surface area contributed by atoms with E-state index in [9.17, 15) is 5.11 Å². The van der Waals surface area contributed by atoms with Crippen molar-refractivity contribution in [3.8, 4) is 0 Å². The van der Waals surface area contributed by atoms with Gasteiger partial charge in [-0.05, 0) is 6.92 Å². The van der Waals surface area contributed by atoms with Gasteiger partial charge in [0.05, 0.1) is 78.7 Å². The average Bonchev–Trinajstić information content (AvgIpc) is 2.48. The van der Waals surface area contributed by atoms with Crippen molar-refractivity contribution in [2.75, 3.05) is 79.3 Å². The number of β-amino-alcohol motifs (C(OH)–C–C–N with tert-alkyl or cyclic N) is 1. The quantitative estimate of drug-likeness (QED) is 0.739. The standard InChI is InChI=1S/C14H29NO7/c1-14(16)12-15-13-21-9-8-19-5-4-17-2-3-18-6-7-20-10-11-22-15/h14,16H,2-13H2,1H3. The van der Waals surface area contributed by atoms with Crippen molar-refractivity contribution >= 4 is 0 Å². The summed E-state index contributed by atoms with van der Waals surface area (Å²) >= 11 is 0. The van der Waals surface area contributed by atoms with Crippen LogP contribution in [0.4, 0.5) is 0 Å². The maximum Gasteiger partial charge on any atom is 0.122 e. The lowest BCUT2D eigenvalue weighted by molar-refractivity contribution is -0.225. The zero-order valence-electron chi connectivity index (χ0n) is 13.4. The largest absolute Gasteiger partial charge is 0.392 e. The van der Waals surface area contributed by atoms with Crippen molar-refractivity contribution in [1.82, 2.24) is 5.06 Å². The van der Waals surface area contributed by atoms with E-state index in [4.69, 9.17) is 28.5 Å². The van der Waals surface area contributed by atoms with Gasteiger partial charge in [-0.1, -0.05) is 0 Å². The van der Waals surface area contributed by atoms with Gasteiger partial charge in [0.2, 0.25) is 0 Å². The minimum absolute atomic E-state index is 0.272. The number of ether oxygens (including phenoxy) is 5. The molecule has 0 aromatic rings. The second kappa shape index (κ2) is 14.3. The van der Waals surface area contributed by atoms with Crippen LogP contribution in [0.2, 0.25) is 0 Å². The Labute approximate surface area is 132 Å². The lowest BCUT2D eigenvalue weighted by Crippen LogP contribution is -2.34. The number of rotatable bonds is 2. The van der Waals surface area contributed by atoms with E-state index in [0.717, 1.165) is 0 Å². The van der Waals surface area contributed by atoms with Crippen LogP contribution in [0.25, 0.3) is 0 Å². The average molecular weight is 323 g/mol. The van der Waals surface area contributed by atoms with Crippen LogP contribution in [-0.2, 0) is 28.5 Å². The zero-order chi connectivity index (χ0) is 15.9. The van der Waals surface area contributed by atoms with Crippen molar-refractivity contribution in [3.05, 3.63) is 0 Å². The van der Waals surface area contributed by atoms with Crippen LogP contribution >= 0.6 is 0 Å². The Bertz CT molecular complexity index is 225. The molecule has 1 saturated heterocycles. The minimum atomic E-state index is -0.496. The molecular weight excluding hydrogens is 294 g/mol. The Balaban J connectivity index is 2.23. The lowest BCUT2D eigenvalue weighted by atomic mass is 10.4. The second-order valence-corrected chi connectivity index (χ2v) is 4.83. The molecule has 1 aliphatic rings. The summed E-state index contributed by atoms with van der Waals surface area (Å²) in [6, 6.07) is 0. The first-order valence-electron chi connectivity index (χ1n) is 7.73. The summed E-state index contributed by atoms with van der Waals surface area (Å²) in [5, 5.41) is 11.0. The molecule has 132 valence electrons. The summed E-state index contributed by atoms with van der Waals surface area (Å²) < 4.78 is 26.9. The van der Waals surface area contributed by atoms with Crippen molar-refractivity contribution in [2.24, 2.45) is 0 Å². The van der Waals surface area contributed by atoms with Gasteiger partial charge in [-0.15, -0.1) is 0 Å². The Morgan fingerprint density at radius 2 is 1.14 bits per heavy atom. The molecule has 22 heavy (non-hydrogen) atoms. The summed E-state index contributed by atoms with van der Waals surface area (Å²) in [7, 11) is 0. The topological polar surface area (TPSA) is 78.9 Å². The Kier molecular flexibility index (Phi) is 12.8. The third kappa shape index (κ3) is 12.2. The second-order valence-electron chi connectivity index (χ2n) is 4.83. The third-order valence-electron chi connectivity index (χ3n) is 2.69. The smallest absolute Gasteiger partial charge is 0.122 e. The molecule has 1 fully saturated rings. The molecule has 1 heterocycles. The van der Waals surface area contributed by atoms with Crippen molar-refractivity contribution in [3.63, 3.8) is 0 Å². The predicted molar refractivity (Wildman–Crippen MR) is 78.4 cm³/mol. The predicted octanol–water partition coefficient (Wildman–Crippen LogP) is -0.345. The molecule has 0 aromatic carbocycles. The van der Waals surface area contributed by atoms with Gasteiger partial charge in [0.25, 0.3) is 0 Å². The number of aliphatic hydroxyl groups is 1. The number of nitrogens with zero attached hydrogens (tertiary/aromatic N) is 1. The van der Waals surface area contributed by atoms with Gasteiger partial charge in [0.1, 0.15) is 6.73 Å². The highest BCUT2D eigenvalue weighted by atomic mass is 16.7. The fourth-order valence-corrected chi connectivity index (χ4v) is 1.71. The number of hydrogen-bond acceptors (Lipinski definition) is 8. The van der Waals surface area contributed by atoms with Gasteiger partial charge in [0.15, 0.2) is 0 Å². The van der Waals surface area contributed by atoms with Crippen LogP contribution in [0.15, 0.2) is 0 Å². The monoisotopic (exact) mass is 323 g/mol. The van der Waals surface area contributed by atoms with E-state index < -0.39 is 6.10 Å². The minimum Gasteiger partial charge on any atom is -0.392 e. The molecular formula is C14H29NO7. The van der Waals surface area contributed by atoms with Crippen molar-refractivity contribution in [1.29, 1.82) is 0 Å². The van der Waals surface area contributed by atoms with Gasteiger partial charge in [-0.2, -0.15) is 5.06 Å². The first-order valence-corrected chi connectivity index (χ1v) is 7.73. The Morgan fingerprint density at radius 1 is 0.727 bits per heavy atom. The summed E-state index contributed by atoms with van der Waals surface area (Å²) in [5.41, 5.74) is 0. The van der Waals surface area contributed by atoms with Gasteiger partial charge < -0.3 is 28.8 Å². The lowest BCUT2D eigenvalue weighted by Gasteiger charge is -2.23. The first-order chi connectivity index (χ1) is 10.8. The molecule has 1 rings (SSSR count). The maximum absolute atomic E-state index is 9.44. The summed E-state index contributed by atoms with van der Waals surface area (Å²) in [6.07, 6.45) is -0.496. The van der Waals surface area contributed by atoms with E-state index in [-0.39, 0.29) is 6.73 Å². The van der Waals surface area contributed by atoms with E-state index in [1.54, 1.807) is 12.0 Å². The van der Waals surface area contributed by atoms with Crippen LogP contribution in [0.3, 0.4) is 0 Å². The van der Waals surface area contributed by atoms with Crippen LogP contribution in [0.5, 0.6) is 0 Å². The number of hydroxylamine groups is 2. The van der Waals surface area contributed by atoms with Crippen LogP contribution < -0.4 is 0 Å². The van der Waals surface area contributed by atoms with E-state index in [1.165, 1.54) is 0 Å². The van der Waals surface area contributed by atoms with Crippen LogP contribution in [-0.4, -0.2) is 95.6 Å². The SMILES string of the molecule is CC(O)CN1COCCOCCOCCOCCOCCO1. The van der Waals surface area contributed by atoms with Gasteiger partial charge in [-0.25, -0.2) is 0 Å². The molecule has 8 heteroatoms. The van der Waals surface area contributed by atoms with E-state index in [2.05, 4.69) is 0 Å². The fraction of sp³-hybridized carbons (Fsp3) is 1.00. The highest BCUT2D eigenvalue weighted by molar-refractivity contribution is 4.49. The number of hydrogen-bond donors (Lipinski definition) is 1. The number of aliphatic hydroxyl groups excluding tert-OH is 1.